The number of ether oxygens (including phenoxy) is 10. The van der Waals surface area contributed by atoms with Crippen molar-refractivity contribution in [3.8, 4) is 0 Å². The van der Waals surface area contributed by atoms with E-state index in [-0.39, 0.29) is 17.9 Å². The first-order valence-corrected chi connectivity index (χ1v) is 24.8. The average molecular weight is 1190 g/mol. The highest BCUT2D eigenvalue weighted by Gasteiger charge is 2.54. The predicted octanol–water partition coefficient (Wildman–Crippen LogP) is 9.31. The summed E-state index contributed by atoms with van der Waals surface area (Å²) in [6.07, 6.45) is -6.64. The summed E-state index contributed by atoms with van der Waals surface area (Å²) in [5.41, 5.74) is 4.12. The van der Waals surface area contributed by atoms with Gasteiger partial charge in [-0.15, -0.1) is 0 Å². The zero-order valence-electron chi connectivity index (χ0n) is 35.2. The van der Waals surface area contributed by atoms with Gasteiger partial charge in [0.1, 0.15) is 30.5 Å². The molecule has 4 aromatic rings. The van der Waals surface area contributed by atoms with Crippen LogP contribution in [-0.2, 0) is 78.6 Å². The molecular formula is C48H55I3O11. The van der Waals surface area contributed by atoms with Gasteiger partial charge in [-0.2, -0.15) is 0 Å². The normalized spacial score (nSPS) is 33.8. The van der Waals surface area contributed by atoms with Crippen molar-refractivity contribution in [1.29, 1.82) is 0 Å². The van der Waals surface area contributed by atoms with Crippen molar-refractivity contribution in [2.75, 3.05) is 0 Å². The SMILES string of the molecule is CC(=O)O[C@@H]1[C@H](OCc2ccccc2)[C@@H](I)[C@H](O[C@@H]2[C@@H](I)[C@H](O[C@@H]3[C@@H](I)[C@H](OCc4ccccc4)O[C@@H](C)[C@@H]3OCc3ccccc3)O[C@@H](C)[C@@H]2OCc2ccccc2)O[C@H]1C. The summed E-state index contributed by atoms with van der Waals surface area (Å²) in [5.74, 6) is -0.406. The average Bonchev–Trinajstić information content (AvgIpc) is 3.28. The van der Waals surface area contributed by atoms with E-state index in [0.29, 0.717) is 26.4 Å². The van der Waals surface area contributed by atoms with E-state index in [9.17, 15) is 4.79 Å². The number of hydrogen-bond acceptors (Lipinski definition) is 11. The maximum Gasteiger partial charge on any atom is 0.303 e. The van der Waals surface area contributed by atoms with Crippen molar-refractivity contribution >= 4 is 73.7 Å². The van der Waals surface area contributed by atoms with Crippen LogP contribution in [0, 0.1) is 0 Å². The molecule has 62 heavy (non-hydrogen) atoms. The molecule has 0 saturated carbocycles. The highest BCUT2D eigenvalue weighted by atomic mass is 127. The molecule has 3 heterocycles. The van der Waals surface area contributed by atoms with Crippen LogP contribution >= 0.6 is 67.8 Å². The van der Waals surface area contributed by atoms with E-state index in [2.05, 4.69) is 67.8 Å². The molecule has 334 valence electrons. The standard InChI is InChI=1S/C48H55I3O11/c1-29-40(53-25-33-17-9-5-10-18-33)44(38(50)46(57-29)56-28-36-23-15-8-16-24-36)61-48-39(51)45(41(30(2)58-48)54-26-34-19-11-6-12-20-34)62-47-37(49)43(42(31(3)59-47)60-32(4)52)55-27-35-21-13-7-14-22-35/h5-24,29-31,37-48H,25-28H2,1-4H3/t29-,30-,31-,37+,38+,39+,40-,41-,42-,43+,44+,45+,46+,47-,48-/m0/s1. The summed E-state index contributed by atoms with van der Waals surface area (Å²) in [7, 11) is 0. The quantitative estimate of drug-likeness (QED) is 0.0574. The van der Waals surface area contributed by atoms with E-state index in [1.807, 2.05) is 142 Å². The number of benzene rings is 4. The molecule has 11 nitrogen and oxygen atoms in total. The first kappa shape index (κ1) is 48.1. The molecule has 0 amide bonds. The third kappa shape index (κ3) is 12.7. The summed E-state index contributed by atoms with van der Waals surface area (Å²) < 4.78 is 65.4. The van der Waals surface area contributed by atoms with Gasteiger partial charge in [0, 0.05) is 6.92 Å². The van der Waals surface area contributed by atoms with Gasteiger partial charge in [0.2, 0.25) is 0 Å². The summed E-state index contributed by atoms with van der Waals surface area (Å²) in [5, 5.41) is 0. The molecule has 4 aromatic carbocycles. The molecule has 0 N–H and O–H groups in total. The van der Waals surface area contributed by atoms with E-state index >= 15 is 0 Å². The summed E-state index contributed by atoms with van der Waals surface area (Å²) in [6, 6.07) is 40.1. The number of rotatable bonds is 17. The lowest BCUT2D eigenvalue weighted by Crippen LogP contribution is -2.64. The zero-order chi connectivity index (χ0) is 43.6. The Balaban J connectivity index is 1.14. The van der Waals surface area contributed by atoms with Crippen LogP contribution in [0.3, 0.4) is 0 Å². The third-order valence-corrected chi connectivity index (χ3v) is 15.0. The Bertz CT molecular complexity index is 1940. The van der Waals surface area contributed by atoms with E-state index in [1.54, 1.807) is 0 Å². The van der Waals surface area contributed by atoms with Crippen molar-refractivity contribution in [2.24, 2.45) is 0 Å². The number of halogens is 3. The molecule has 3 aliphatic rings. The van der Waals surface area contributed by atoms with Crippen molar-refractivity contribution in [2.45, 2.75) is 140 Å². The van der Waals surface area contributed by atoms with Crippen LogP contribution in [0.1, 0.15) is 49.9 Å². The predicted molar refractivity (Wildman–Crippen MR) is 258 cm³/mol. The minimum Gasteiger partial charge on any atom is -0.457 e. The van der Waals surface area contributed by atoms with Crippen LogP contribution in [0.5, 0.6) is 0 Å². The van der Waals surface area contributed by atoms with Gasteiger partial charge in [0.05, 0.1) is 56.5 Å². The van der Waals surface area contributed by atoms with Gasteiger partial charge in [-0.25, -0.2) is 0 Å². The van der Waals surface area contributed by atoms with Crippen LogP contribution in [0.15, 0.2) is 121 Å². The molecule has 0 bridgehead atoms. The smallest absolute Gasteiger partial charge is 0.303 e. The van der Waals surface area contributed by atoms with Gasteiger partial charge >= 0.3 is 5.97 Å². The highest BCUT2D eigenvalue weighted by Crippen LogP contribution is 2.40. The van der Waals surface area contributed by atoms with Crippen molar-refractivity contribution in [3.63, 3.8) is 0 Å². The number of carbonyl (C=O) groups excluding carboxylic acids is 1. The third-order valence-electron chi connectivity index (χ3n) is 11.1. The summed E-state index contributed by atoms with van der Waals surface area (Å²) in [4.78, 5) is 12.4. The Morgan fingerprint density at radius 1 is 0.435 bits per heavy atom. The molecule has 3 aliphatic heterocycles. The first-order valence-electron chi connectivity index (χ1n) is 21.0. The molecule has 0 unspecified atom stereocenters. The molecule has 3 saturated heterocycles. The van der Waals surface area contributed by atoms with Crippen LogP contribution in [0.2, 0.25) is 0 Å². The second kappa shape index (κ2) is 23.6. The lowest BCUT2D eigenvalue weighted by molar-refractivity contribution is -0.327. The fraction of sp³-hybridized carbons (Fsp3) is 0.479. The Morgan fingerprint density at radius 3 is 1.13 bits per heavy atom. The number of hydrogen-bond donors (Lipinski definition) is 0. The van der Waals surface area contributed by atoms with Crippen molar-refractivity contribution in [3.05, 3.63) is 144 Å². The van der Waals surface area contributed by atoms with Crippen molar-refractivity contribution < 1.29 is 52.2 Å². The van der Waals surface area contributed by atoms with E-state index in [4.69, 9.17) is 47.4 Å². The monoisotopic (exact) mass is 1190 g/mol. The van der Waals surface area contributed by atoms with Crippen LogP contribution < -0.4 is 0 Å². The fourth-order valence-corrected chi connectivity index (χ4v) is 10.7. The molecule has 0 spiro atoms. The van der Waals surface area contributed by atoms with Gasteiger partial charge in [-0.1, -0.05) is 189 Å². The Morgan fingerprint density at radius 2 is 0.742 bits per heavy atom. The topological polar surface area (TPSA) is 109 Å². The fourth-order valence-electron chi connectivity index (χ4n) is 7.92. The molecule has 0 radical (unpaired) electrons. The Labute approximate surface area is 405 Å². The van der Waals surface area contributed by atoms with E-state index in [0.717, 1.165) is 22.3 Å². The van der Waals surface area contributed by atoms with Gasteiger partial charge in [0.15, 0.2) is 25.0 Å². The minimum atomic E-state index is -0.757. The molecule has 0 aromatic heterocycles. The maximum atomic E-state index is 12.4. The van der Waals surface area contributed by atoms with Crippen LogP contribution in [0.4, 0.5) is 0 Å². The lowest BCUT2D eigenvalue weighted by Gasteiger charge is -2.49. The van der Waals surface area contributed by atoms with Crippen LogP contribution in [0.25, 0.3) is 0 Å². The van der Waals surface area contributed by atoms with Crippen molar-refractivity contribution in [1.82, 2.24) is 0 Å². The van der Waals surface area contributed by atoms with Crippen LogP contribution in [-0.4, -0.2) is 91.5 Å². The van der Waals surface area contributed by atoms with Gasteiger partial charge in [-0.3, -0.25) is 4.79 Å². The lowest BCUT2D eigenvalue weighted by atomic mass is 9.98. The second-order valence-electron chi connectivity index (χ2n) is 15.8. The molecule has 14 heteroatoms. The summed E-state index contributed by atoms with van der Waals surface area (Å²) in [6.45, 7) is 8.72. The zero-order valence-corrected chi connectivity index (χ0v) is 41.6. The molecule has 3 fully saturated rings. The Hall–Kier alpha value is -1.82. The first-order chi connectivity index (χ1) is 30.0. The molecule has 7 rings (SSSR count). The van der Waals surface area contributed by atoms with Gasteiger partial charge < -0.3 is 47.4 Å². The maximum absolute atomic E-state index is 12.4. The number of carbonyl (C=O) groups is 1. The largest absolute Gasteiger partial charge is 0.457 e. The molecular weight excluding hydrogens is 1130 g/mol. The minimum absolute atomic E-state index is 0.274. The molecule has 15 atom stereocenters. The van der Waals surface area contributed by atoms with Gasteiger partial charge in [-0.05, 0) is 43.0 Å². The Kier molecular flexibility index (Phi) is 18.3. The number of alkyl halides is 3. The number of esters is 1. The van der Waals surface area contributed by atoms with E-state index < -0.39 is 73.7 Å². The molecule has 0 aliphatic carbocycles. The second-order valence-corrected chi connectivity index (χ2v) is 20.1. The highest BCUT2D eigenvalue weighted by molar-refractivity contribution is 14.1. The summed E-state index contributed by atoms with van der Waals surface area (Å²) >= 11 is 7.06. The van der Waals surface area contributed by atoms with E-state index in [1.165, 1.54) is 6.92 Å². The van der Waals surface area contributed by atoms with Gasteiger partial charge in [0.25, 0.3) is 0 Å².